The van der Waals surface area contributed by atoms with E-state index >= 15 is 0 Å². The molecule has 2 atom stereocenters. The van der Waals surface area contributed by atoms with Gasteiger partial charge in [0.05, 0.1) is 6.10 Å². The van der Waals surface area contributed by atoms with Gasteiger partial charge in [-0.25, -0.2) is 4.79 Å². The number of methoxy groups -OCH3 is 1. The van der Waals surface area contributed by atoms with Gasteiger partial charge in [0.2, 0.25) is 5.78 Å². The van der Waals surface area contributed by atoms with Gasteiger partial charge in [-0.2, -0.15) is 0 Å². The van der Waals surface area contributed by atoms with E-state index in [0.29, 0.717) is 0 Å². The van der Waals surface area contributed by atoms with Crippen LogP contribution < -0.4 is 5.32 Å². The fraction of sp³-hybridized carbons (Fsp3) is 0.308. The molecular weight excluding hydrogens is 282 g/mol. The highest BCUT2D eigenvalue weighted by atomic mass is 32.1. The van der Waals surface area contributed by atoms with Crippen LogP contribution in [0.3, 0.4) is 0 Å². The van der Waals surface area contributed by atoms with E-state index in [0.717, 1.165) is 11.0 Å². The molecule has 0 radical (unpaired) electrons. The Hall–Kier alpha value is -1.99. The van der Waals surface area contributed by atoms with Crippen LogP contribution in [0.2, 0.25) is 0 Å². The van der Waals surface area contributed by atoms with Crippen molar-refractivity contribution in [2.75, 3.05) is 7.11 Å². The van der Waals surface area contributed by atoms with Crippen molar-refractivity contribution < 1.29 is 24.2 Å². The van der Waals surface area contributed by atoms with Crippen LogP contribution in [-0.2, 0) is 19.1 Å². The van der Waals surface area contributed by atoms with Crippen molar-refractivity contribution in [2.24, 2.45) is 0 Å². The molecule has 2 N–H and O–H groups in total. The molecule has 0 spiro atoms. The minimum atomic E-state index is -1.27. The van der Waals surface area contributed by atoms with Gasteiger partial charge >= 0.3 is 5.97 Å². The minimum absolute atomic E-state index is 0.745. The maximum absolute atomic E-state index is 11.6. The molecule has 0 bridgehead atoms. The normalized spacial score (nSPS) is 13.9. The molecule has 0 unspecified atom stereocenters. The number of thiophene rings is 1. The Bertz CT molecular complexity index is 509. The molecular formula is C13H15NO5S. The van der Waals surface area contributed by atoms with E-state index in [9.17, 15) is 14.4 Å². The fourth-order valence-electron chi connectivity index (χ4n) is 1.35. The fourth-order valence-corrected chi connectivity index (χ4v) is 1.97. The average Bonchev–Trinajstić information content (AvgIpc) is 2.93. The van der Waals surface area contributed by atoms with Crippen molar-refractivity contribution in [1.82, 2.24) is 5.32 Å². The van der Waals surface area contributed by atoms with Crippen molar-refractivity contribution in [2.45, 2.75) is 19.1 Å². The van der Waals surface area contributed by atoms with Crippen LogP contribution in [0.5, 0.6) is 0 Å². The Morgan fingerprint density at radius 2 is 2.15 bits per heavy atom. The maximum Gasteiger partial charge on any atom is 0.328 e. The third-order valence-corrected chi connectivity index (χ3v) is 3.40. The summed E-state index contributed by atoms with van der Waals surface area (Å²) in [6.45, 7) is 1.49. The number of hydrogen-bond acceptors (Lipinski definition) is 5. The van der Waals surface area contributed by atoms with Crippen LogP contribution in [0.1, 0.15) is 11.8 Å². The van der Waals surface area contributed by atoms with Crippen molar-refractivity contribution in [1.29, 1.82) is 0 Å². The number of carboxylic acid groups (broad SMARTS) is 1. The first-order valence-corrected chi connectivity index (χ1v) is 6.65. The highest BCUT2D eigenvalue weighted by Crippen LogP contribution is 2.10. The first kappa shape index (κ1) is 16.1. The number of carbonyl (C=O) groups is 3. The molecule has 0 aromatic carbocycles. The molecule has 0 fully saturated rings. The van der Waals surface area contributed by atoms with Gasteiger partial charge in [0, 0.05) is 12.0 Å². The Kier molecular flexibility index (Phi) is 6.08. The van der Waals surface area contributed by atoms with Gasteiger partial charge in [-0.15, -0.1) is 11.3 Å². The molecule has 0 saturated heterocycles. The standard InChI is InChI=1S/C13H15NO5S/c1-8(19-2)11(13(17)18)14-12(16)10(15)6-5-9-4-3-7-20-9/h3-8,11H,1-2H3,(H,14,16)(H,17,18)/b6-5+/t8-,11+/m1/s1. The Morgan fingerprint density at radius 3 is 2.65 bits per heavy atom. The summed E-state index contributed by atoms with van der Waals surface area (Å²) < 4.78 is 4.85. The molecule has 0 aliphatic rings. The topological polar surface area (TPSA) is 92.7 Å². The minimum Gasteiger partial charge on any atom is -0.480 e. The van der Waals surface area contributed by atoms with Crippen LogP contribution in [0.25, 0.3) is 6.08 Å². The zero-order valence-electron chi connectivity index (χ0n) is 11.0. The number of amides is 1. The largest absolute Gasteiger partial charge is 0.480 e. The SMILES string of the molecule is CO[C@H](C)[C@H](NC(=O)C(=O)/C=C/c1cccs1)C(=O)O. The number of carboxylic acids is 1. The van der Waals surface area contributed by atoms with Crippen LogP contribution >= 0.6 is 11.3 Å². The van der Waals surface area contributed by atoms with Crippen LogP contribution in [0.4, 0.5) is 0 Å². The second-order valence-electron chi connectivity index (χ2n) is 3.94. The molecule has 0 saturated carbocycles. The molecule has 7 heteroatoms. The molecule has 1 rings (SSSR count). The number of rotatable bonds is 7. The zero-order chi connectivity index (χ0) is 15.1. The van der Waals surface area contributed by atoms with Gasteiger partial charge in [-0.1, -0.05) is 6.07 Å². The lowest BCUT2D eigenvalue weighted by molar-refractivity contribution is -0.146. The summed E-state index contributed by atoms with van der Waals surface area (Å²) >= 11 is 1.42. The molecule has 1 aromatic heterocycles. The first-order valence-electron chi connectivity index (χ1n) is 5.77. The molecule has 0 aliphatic heterocycles. The Balaban J connectivity index is 2.64. The maximum atomic E-state index is 11.6. The van der Waals surface area contributed by atoms with Gasteiger partial charge in [0.15, 0.2) is 6.04 Å². The van der Waals surface area contributed by atoms with Gasteiger partial charge in [-0.05, 0) is 30.5 Å². The summed E-state index contributed by atoms with van der Waals surface area (Å²) in [5.74, 6) is -3.05. The first-order chi connectivity index (χ1) is 9.45. The summed E-state index contributed by atoms with van der Waals surface area (Å²) in [5.41, 5.74) is 0. The second kappa shape index (κ2) is 7.56. The van der Waals surface area contributed by atoms with E-state index in [1.165, 1.54) is 31.4 Å². The van der Waals surface area contributed by atoms with Gasteiger partial charge in [0.25, 0.3) is 5.91 Å². The van der Waals surface area contributed by atoms with E-state index in [2.05, 4.69) is 5.32 Å². The molecule has 6 nitrogen and oxygen atoms in total. The van der Waals surface area contributed by atoms with E-state index in [1.54, 1.807) is 6.07 Å². The third-order valence-electron chi connectivity index (χ3n) is 2.56. The molecule has 20 heavy (non-hydrogen) atoms. The molecule has 0 aliphatic carbocycles. The molecule has 1 aromatic rings. The van der Waals surface area contributed by atoms with Gasteiger partial charge in [-0.3, -0.25) is 9.59 Å². The van der Waals surface area contributed by atoms with Crippen LogP contribution in [0, 0.1) is 0 Å². The van der Waals surface area contributed by atoms with E-state index in [-0.39, 0.29) is 0 Å². The smallest absolute Gasteiger partial charge is 0.328 e. The molecule has 1 amide bonds. The lowest BCUT2D eigenvalue weighted by Gasteiger charge is -2.19. The van der Waals surface area contributed by atoms with Crippen molar-refractivity contribution in [3.8, 4) is 0 Å². The van der Waals surface area contributed by atoms with E-state index in [4.69, 9.17) is 9.84 Å². The zero-order valence-corrected chi connectivity index (χ0v) is 11.8. The summed E-state index contributed by atoms with van der Waals surface area (Å²) in [6, 6.07) is 2.33. The Labute approximate surface area is 120 Å². The monoisotopic (exact) mass is 297 g/mol. The van der Waals surface area contributed by atoms with Crippen molar-refractivity contribution in [3.63, 3.8) is 0 Å². The number of hydrogen-bond donors (Lipinski definition) is 2. The second-order valence-corrected chi connectivity index (χ2v) is 4.92. The highest BCUT2D eigenvalue weighted by Gasteiger charge is 2.28. The van der Waals surface area contributed by atoms with Crippen molar-refractivity contribution in [3.05, 3.63) is 28.5 Å². The molecule has 108 valence electrons. The predicted molar refractivity (Wildman–Crippen MR) is 74.4 cm³/mol. The number of ether oxygens (including phenoxy) is 1. The number of ketones is 1. The summed E-state index contributed by atoms with van der Waals surface area (Å²) in [6.07, 6.45) is 1.87. The average molecular weight is 297 g/mol. The quantitative estimate of drug-likeness (QED) is 0.577. The number of nitrogens with one attached hydrogen (secondary N) is 1. The predicted octanol–water partition coefficient (Wildman–Crippen LogP) is 0.935. The molecule has 1 heterocycles. The van der Waals surface area contributed by atoms with Crippen molar-refractivity contribution >= 4 is 35.1 Å². The number of carbonyl (C=O) groups excluding carboxylic acids is 2. The van der Waals surface area contributed by atoms with E-state index < -0.39 is 29.8 Å². The highest BCUT2D eigenvalue weighted by molar-refractivity contribution is 7.10. The number of aliphatic carboxylic acids is 1. The Morgan fingerprint density at radius 1 is 1.45 bits per heavy atom. The van der Waals surface area contributed by atoms with Gasteiger partial charge < -0.3 is 15.2 Å². The van der Waals surface area contributed by atoms with Crippen LogP contribution in [0.15, 0.2) is 23.6 Å². The van der Waals surface area contributed by atoms with Gasteiger partial charge in [0.1, 0.15) is 0 Å². The van der Waals surface area contributed by atoms with E-state index in [1.807, 2.05) is 11.4 Å². The lowest BCUT2D eigenvalue weighted by Crippen LogP contribution is -2.50. The summed E-state index contributed by atoms with van der Waals surface area (Å²) in [7, 11) is 1.32. The summed E-state index contributed by atoms with van der Waals surface area (Å²) in [5, 5.41) is 12.9. The third kappa shape index (κ3) is 4.60. The lowest BCUT2D eigenvalue weighted by atomic mass is 10.1. The van der Waals surface area contributed by atoms with Crippen LogP contribution in [-0.4, -0.2) is 42.0 Å². The summed E-state index contributed by atoms with van der Waals surface area (Å²) in [4.78, 5) is 35.0.